The van der Waals surface area contributed by atoms with Crippen molar-refractivity contribution in [1.29, 1.82) is 0 Å². The molecule has 4 unspecified atom stereocenters. The van der Waals surface area contributed by atoms with E-state index in [2.05, 4.69) is 131 Å². The third-order valence-corrected chi connectivity index (χ3v) is 22.1. The van der Waals surface area contributed by atoms with Gasteiger partial charge in [-0.15, -0.1) is 0 Å². The van der Waals surface area contributed by atoms with E-state index in [1.54, 1.807) is 0 Å². The Morgan fingerprint density at radius 1 is 0.259 bits per heavy atom. The minimum absolute atomic E-state index is 0. The first kappa shape index (κ1) is 144. The van der Waals surface area contributed by atoms with Crippen molar-refractivity contribution in [2.45, 2.75) is 98.5 Å². The van der Waals surface area contributed by atoms with Gasteiger partial charge in [-0.1, -0.05) is 0 Å². The zero-order valence-electron chi connectivity index (χ0n) is 30.5. The quantitative estimate of drug-likeness (QED) is 0.113. The predicted octanol–water partition coefficient (Wildman–Crippen LogP) is -50.7. The molecule has 0 radical (unpaired) electrons. The second kappa shape index (κ2) is 105. The summed E-state index contributed by atoms with van der Waals surface area (Å²) in [6, 6.07) is 0. The molecule has 0 rings (SSSR count). The van der Waals surface area contributed by atoms with Gasteiger partial charge in [0.05, 0.1) is 0 Å². The van der Waals surface area contributed by atoms with Crippen LogP contribution in [0.5, 0.6) is 0 Å². The van der Waals surface area contributed by atoms with Crippen LogP contribution in [0, 0.1) is 0 Å². The third-order valence-electron chi connectivity index (χ3n) is 6.03. The molecule has 0 saturated carbocycles. The minimum Gasteiger partial charge on any atom is -1.00 e. The molecule has 30 heteroatoms. The van der Waals surface area contributed by atoms with Crippen molar-refractivity contribution in [2.24, 2.45) is 0 Å². The fourth-order valence-electron chi connectivity index (χ4n) is 3.77. The fraction of sp³-hybridized carbons (Fsp3) is 1.00. The molecule has 4 atom stereocenters. The molecule has 0 aromatic heterocycles. The molecule has 0 aliphatic carbocycles. The Balaban J connectivity index is -0.0000000138. The Morgan fingerprint density at radius 3 is 0.407 bits per heavy atom. The molecular formula is C24H52Cl20O2P4Tc4. The van der Waals surface area contributed by atoms with Crippen molar-refractivity contribution >= 4 is 31.7 Å². The molecule has 0 heterocycles. The van der Waals surface area contributed by atoms with Crippen molar-refractivity contribution in [3.05, 3.63) is 0 Å². The topological polar surface area (TPSA) is 18.5 Å². The minimum atomic E-state index is 0. The molecule has 0 bridgehead atoms. The monoisotopic (exact) mass is 1580 g/mol. The van der Waals surface area contributed by atoms with Gasteiger partial charge < -0.3 is 248 Å². The van der Waals surface area contributed by atoms with Crippen LogP contribution in [0.3, 0.4) is 0 Å². The standard InChI is InChI=1S/2C12H26OP2.20ClH.4Tc/c2*1-7-14(8-2)11(5)13-12(6)15(9-3)10-4;;;;;;;;;;;;;;;;;;;;;;;;/h2*11-12H,5-10H2,1-4H3;20*1H;;;;/q;;;;;;;;;;;;;;;;;;;;;;4*+5/p-20. The maximum Gasteiger partial charge on any atom is -1.00 e. The summed E-state index contributed by atoms with van der Waals surface area (Å²) in [5, 5.41) is 0. The van der Waals surface area contributed by atoms with E-state index in [1.165, 1.54) is 49.3 Å². The molecule has 54 heavy (non-hydrogen) atoms. The largest absolute Gasteiger partial charge is 1.00 e. The van der Waals surface area contributed by atoms with Crippen molar-refractivity contribution in [3.8, 4) is 0 Å². The van der Waals surface area contributed by atoms with Crippen LogP contribution in [-0.2, 0) is 85.1 Å². The first-order chi connectivity index (χ1) is 16.4. The molecule has 348 valence electrons. The van der Waals surface area contributed by atoms with Gasteiger partial charge in [0.25, 0.3) is 0 Å². The normalized spacial score (nSPS) is 9.85. The van der Waals surface area contributed by atoms with Crippen molar-refractivity contribution in [3.63, 3.8) is 0 Å². The molecule has 0 N–H and O–H groups in total. The Labute approximate surface area is 505 Å². The second-order valence-electron chi connectivity index (χ2n) is 7.59. The Bertz CT molecular complexity index is 405. The van der Waals surface area contributed by atoms with Crippen LogP contribution in [-0.4, -0.2) is 72.7 Å². The summed E-state index contributed by atoms with van der Waals surface area (Å²) < 4.78 is 13.0. The summed E-state index contributed by atoms with van der Waals surface area (Å²) >= 11 is 10.0. The number of hydrogen-bond acceptors (Lipinski definition) is 2. The van der Waals surface area contributed by atoms with Gasteiger partial charge >= 0.3 is 265 Å². The fourth-order valence-corrected chi connectivity index (χ4v) is 17.5. The molecular weight excluding hydrogens is 1550 g/mol. The van der Waals surface area contributed by atoms with Gasteiger partial charge in [0, 0.05) is 0 Å². The number of halogens is 20. The van der Waals surface area contributed by atoms with Gasteiger partial charge in [0.2, 0.25) is 0 Å². The van der Waals surface area contributed by atoms with Crippen molar-refractivity contribution in [1.82, 2.24) is 0 Å². The third kappa shape index (κ3) is 68.6. The molecule has 2 nitrogen and oxygen atoms in total. The van der Waals surface area contributed by atoms with E-state index in [9.17, 15) is 0 Å². The molecule has 0 saturated heterocycles. The maximum absolute atomic E-state index is 6.48. The summed E-state index contributed by atoms with van der Waals surface area (Å²) in [5.74, 6) is 2.12. The van der Waals surface area contributed by atoms with E-state index in [0.29, 0.717) is 23.4 Å². The Kier molecular flexibility index (Phi) is 280. The molecule has 0 amide bonds. The van der Waals surface area contributed by atoms with Crippen molar-refractivity contribution < 1.29 is 333 Å². The van der Waals surface area contributed by atoms with Gasteiger partial charge in [-0.2, -0.15) is 0 Å². The molecule has 0 aromatic carbocycles. The van der Waals surface area contributed by atoms with Crippen LogP contribution >= 0.6 is 31.7 Å². The SMILES string of the molecule is CCP(CC)C([CH2][Tc+5])OC([CH2][Tc+5])P(CC)CC.CCP(CC)C([CH2][Tc+5])OC([CH2][Tc+5])P(CC)CC.[Cl-].[Cl-].[Cl-].[Cl-].[Cl-].[Cl-].[Cl-].[Cl-].[Cl-].[Cl-].[Cl-].[Cl-].[Cl-].[Cl-].[Cl-].[Cl-].[Cl-].[Cl-].[Cl-].[Cl-]. The Hall–Kier alpha value is 10.0. The first-order valence-corrected chi connectivity index (χ1v) is 25.2. The average molecular weight is 1600 g/mol. The summed E-state index contributed by atoms with van der Waals surface area (Å²) in [6.45, 7) is 18.6. The zero-order valence-corrected chi connectivity index (χ0v) is 56.6. The predicted molar refractivity (Wildman–Crippen MR) is 149 cm³/mol. The number of rotatable bonds is 20. The number of ether oxygens (including phenoxy) is 2. The van der Waals surface area contributed by atoms with Crippen LogP contribution in [0.15, 0.2) is 0 Å². The van der Waals surface area contributed by atoms with Crippen LogP contribution in [0.1, 0.15) is 55.4 Å². The smallest absolute Gasteiger partial charge is 1.00 e. The van der Waals surface area contributed by atoms with E-state index in [1.807, 2.05) is 0 Å². The van der Waals surface area contributed by atoms with Crippen LogP contribution in [0.2, 0.25) is 19.7 Å². The van der Waals surface area contributed by atoms with E-state index in [-0.39, 0.29) is 280 Å². The number of hydrogen-bond donors (Lipinski definition) is 0. The van der Waals surface area contributed by atoms with E-state index in [0.717, 1.165) is 19.7 Å². The van der Waals surface area contributed by atoms with Gasteiger partial charge in [-0.3, -0.25) is 0 Å². The molecule has 0 fully saturated rings. The molecule has 0 aromatic rings. The summed E-state index contributed by atoms with van der Waals surface area (Å²) in [6.07, 6.45) is 10.5. The van der Waals surface area contributed by atoms with Gasteiger partial charge in [0.15, 0.2) is 0 Å². The van der Waals surface area contributed by atoms with E-state index in [4.69, 9.17) is 9.47 Å². The summed E-state index contributed by atoms with van der Waals surface area (Å²) in [4.78, 5) is 4.65. The van der Waals surface area contributed by atoms with Gasteiger partial charge in [-0.25, -0.2) is 0 Å². The van der Waals surface area contributed by atoms with Gasteiger partial charge in [-0.05, 0) is 0 Å². The molecule has 0 aliphatic rings. The van der Waals surface area contributed by atoms with E-state index < -0.39 is 0 Å². The summed E-state index contributed by atoms with van der Waals surface area (Å²) in [5.41, 5.74) is 0. The molecule has 0 aliphatic heterocycles. The van der Waals surface area contributed by atoms with E-state index >= 15 is 0 Å². The first-order valence-electron chi connectivity index (χ1n) is 12.9. The summed E-state index contributed by atoms with van der Waals surface area (Å²) in [7, 11) is 0.338. The van der Waals surface area contributed by atoms with Crippen molar-refractivity contribution in [2.75, 3.05) is 49.3 Å². The Morgan fingerprint density at radius 2 is 0.352 bits per heavy atom. The van der Waals surface area contributed by atoms with Gasteiger partial charge in [0.1, 0.15) is 0 Å². The van der Waals surface area contributed by atoms with Crippen LogP contribution in [0.25, 0.3) is 0 Å². The van der Waals surface area contributed by atoms with Crippen LogP contribution in [0.4, 0.5) is 0 Å². The second-order valence-corrected chi connectivity index (χ2v) is 22.7. The maximum atomic E-state index is 6.48. The van der Waals surface area contributed by atoms with Crippen LogP contribution < -0.4 is 248 Å². The zero-order chi connectivity index (χ0) is 26.5. The molecule has 0 spiro atoms. The average Bonchev–Trinajstić information content (AvgIpc) is 2.88.